The molecule has 0 aliphatic carbocycles. The molecule has 1 N–H and O–H groups in total. The fourth-order valence-corrected chi connectivity index (χ4v) is 2.76. The van der Waals surface area contributed by atoms with Crippen LogP contribution in [0.2, 0.25) is 0 Å². The lowest BCUT2D eigenvalue weighted by atomic mass is 10.2. The first kappa shape index (κ1) is 15.8. The summed E-state index contributed by atoms with van der Waals surface area (Å²) in [6.45, 7) is 6.20. The van der Waals surface area contributed by atoms with E-state index in [1.807, 2.05) is 12.1 Å². The van der Waals surface area contributed by atoms with Crippen LogP contribution in [0, 0.1) is 0 Å². The van der Waals surface area contributed by atoms with Gasteiger partial charge in [0, 0.05) is 50.5 Å². The van der Waals surface area contributed by atoms with Gasteiger partial charge in [-0.25, -0.2) is 4.98 Å². The Morgan fingerprint density at radius 2 is 2.04 bits per heavy atom. The Kier molecular flexibility index (Phi) is 5.15. The average Bonchev–Trinajstić information content (AvgIpc) is 2.59. The van der Waals surface area contributed by atoms with Gasteiger partial charge in [-0.3, -0.25) is 9.78 Å². The van der Waals surface area contributed by atoms with E-state index in [9.17, 15) is 4.79 Å². The van der Waals surface area contributed by atoms with Gasteiger partial charge in [-0.15, -0.1) is 0 Å². The smallest absolute Gasteiger partial charge is 0.269 e. The molecule has 0 unspecified atom stereocenters. The van der Waals surface area contributed by atoms with Gasteiger partial charge >= 0.3 is 0 Å². The summed E-state index contributed by atoms with van der Waals surface area (Å²) in [6, 6.07) is 5.45. The lowest BCUT2D eigenvalue weighted by Crippen LogP contribution is -2.45. The molecule has 2 aromatic rings. The fourth-order valence-electron chi connectivity index (χ4n) is 2.76. The number of likely N-dealkylation sites (N-methyl/N-ethyl adjacent to an activating group) is 1. The summed E-state index contributed by atoms with van der Waals surface area (Å²) >= 11 is 0. The molecular weight excluding hydrogens is 290 g/mol. The minimum Gasteiger partial charge on any atom is -0.351 e. The third-order valence-electron chi connectivity index (χ3n) is 4.25. The molecule has 0 atom stereocenters. The third-order valence-corrected chi connectivity index (χ3v) is 4.25. The largest absolute Gasteiger partial charge is 0.351 e. The Labute approximate surface area is 136 Å². The van der Waals surface area contributed by atoms with Crippen LogP contribution < -0.4 is 5.32 Å². The van der Waals surface area contributed by atoms with Crippen molar-refractivity contribution < 1.29 is 4.79 Å². The zero-order valence-electron chi connectivity index (χ0n) is 13.5. The molecule has 3 rings (SSSR count). The Bertz CT molecular complexity index is 667. The summed E-state index contributed by atoms with van der Waals surface area (Å²) in [5.74, 6) is -0.109. The minimum atomic E-state index is -0.109. The Morgan fingerprint density at radius 1 is 1.22 bits per heavy atom. The van der Waals surface area contributed by atoms with Crippen LogP contribution in [-0.4, -0.2) is 72.0 Å². The fraction of sp³-hybridized carbons (Fsp3) is 0.471. The monoisotopic (exact) mass is 313 g/mol. The first-order chi connectivity index (χ1) is 11.2. The number of nitrogens with zero attached hydrogens (tertiary/aromatic N) is 4. The highest BCUT2D eigenvalue weighted by Gasteiger charge is 2.13. The van der Waals surface area contributed by atoms with E-state index in [2.05, 4.69) is 32.1 Å². The van der Waals surface area contributed by atoms with Crippen molar-refractivity contribution >= 4 is 16.8 Å². The number of hydrogen-bond donors (Lipinski definition) is 1. The molecule has 1 saturated heterocycles. The Balaban J connectivity index is 1.45. The predicted molar refractivity (Wildman–Crippen MR) is 90.4 cm³/mol. The van der Waals surface area contributed by atoms with E-state index in [0.29, 0.717) is 12.2 Å². The highest BCUT2D eigenvalue weighted by molar-refractivity contribution is 5.94. The molecule has 0 aromatic carbocycles. The molecule has 1 aliphatic heterocycles. The summed E-state index contributed by atoms with van der Waals surface area (Å²) in [5, 5.41) is 3.90. The Hall–Kier alpha value is -2.05. The van der Waals surface area contributed by atoms with Crippen molar-refractivity contribution in [1.82, 2.24) is 25.1 Å². The topological polar surface area (TPSA) is 61.4 Å². The highest BCUT2D eigenvalue weighted by atomic mass is 16.1. The lowest BCUT2D eigenvalue weighted by Gasteiger charge is -2.32. The quantitative estimate of drug-likeness (QED) is 0.835. The van der Waals surface area contributed by atoms with Crippen molar-refractivity contribution in [2.24, 2.45) is 0 Å². The molecule has 122 valence electrons. The zero-order chi connectivity index (χ0) is 16.1. The van der Waals surface area contributed by atoms with Crippen molar-refractivity contribution in [3.05, 3.63) is 36.3 Å². The molecule has 1 amide bonds. The van der Waals surface area contributed by atoms with Crippen molar-refractivity contribution in [2.45, 2.75) is 6.42 Å². The van der Waals surface area contributed by atoms with Gasteiger partial charge in [-0.1, -0.05) is 0 Å². The lowest BCUT2D eigenvalue weighted by molar-refractivity contribution is 0.0945. The number of piperazine rings is 1. The first-order valence-electron chi connectivity index (χ1n) is 8.12. The molecule has 23 heavy (non-hydrogen) atoms. The third kappa shape index (κ3) is 4.24. The van der Waals surface area contributed by atoms with Crippen molar-refractivity contribution in [3.8, 4) is 0 Å². The van der Waals surface area contributed by atoms with Crippen LogP contribution in [0.1, 0.15) is 16.9 Å². The summed E-state index contributed by atoms with van der Waals surface area (Å²) in [5.41, 5.74) is 1.26. The number of carbonyl (C=O) groups excluding carboxylic acids is 1. The summed E-state index contributed by atoms with van der Waals surface area (Å²) in [6.07, 6.45) is 4.40. The van der Waals surface area contributed by atoms with Crippen molar-refractivity contribution in [3.63, 3.8) is 0 Å². The first-order valence-corrected chi connectivity index (χ1v) is 8.12. The van der Waals surface area contributed by atoms with Gasteiger partial charge in [0.15, 0.2) is 0 Å². The second-order valence-electron chi connectivity index (χ2n) is 6.02. The van der Waals surface area contributed by atoms with Crippen LogP contribution in [-0.2, 0) is 0 Å². The number of pyridine rings is 2. The van der Waals surface area contributed by atoms with Gasteiger partial charge in [0.25, 0.3) is 5.91 Å². The van der Waals surface area contributed by atoms with Crippen LogP contribution >= 0.6 is 0 Å². The second kappa shape index (κ2) is 7.48. The molecule has 1 fully saturated rings. The SMILES string of the molecule is CN1CCN(CCCNC(=O)c2ccc3cnccc3n2)CC1. The van der Waals surface area contributed by atoms with Crippen LogP contribution in [0.25, 0.3) is 10.9 Å². The molecule has 3 heterocycles. The number of carbonyl (C=O) groups is 1. The normalized spacial score (nSPS) is 16.6. The van der Waals surface area contributed by atoms with Crippen LogP contribution in [0.3, 0.4) is 0 Å². The van der Waals surface area contributed by atoms with E-state index in [1.54, 1.807) is 18.5 Å². The van der Waals surface area contributed by atoms with Gasteiger partial charge < -0.3 is 15.1 Å². The number of hydrogen-bond acceptors (Lipinski definition) is 5. The summed E-state index contributed by atoms with van der Waals surface area (Å²) < 4.78 is 0. The molecule has 6 nitrogen and oxygen atoms in total. The van der Waals surface area contributed by atoms with E-state index in [0.717, 1.165) is 50.0 Å². The van der Waals surface area contributed by atoms with Gasteiger partial charge in [0.2, 0.25) is 0 Å². The molecular formula is C17H23N5O. The van der Waals surface area contributed by atoms with Gasteiger partial charge in [-0.05, 0) is 38.2 Å². The van der Waals surface area contributed by atoms with Gasteiger partial charge in [0.1, 0.15) is 5.69 Å². The number of amides is 1. The highest BCUT2D eigenvalue weighted by Crippen LogP contribution is 2.10. The maximum Gasteiger partial charge on any atom is 0.269 e. The van der Waals surface area contributed by atoms with E-state index in [1.165, 1.54) is 0 Å². The molecule has 1 aliphatic rings. The maximum absolute atomic E-state index is 12.2. The van der Waals surface area contributed by atoms with E-state index in [-0.39, 0.29) is 5.91 Å². The van der Waals surface area contributed by atoms with Crippen molar-refractivity contribution in [1.29, 1.82) is 0 Å². The molecule has 6 heteroatoms. The zero-order valence-corrected chi connectivity index (χ0v) is 13.5. The standard InChI is InChI=1S/C17H23N5O/c1-21-9-11-22(12-10-21)8-2-6-19-17(23)16-4-3-14-13-18-7-5-15(14)20-16/h3-5,7,13H,2,6,8-12H2,1H3,(H,19,23). The van der Waals surface area contributed by atoms with Crippen LogP contribution in [0.15, 0.2) is 30.6 Å². The van der Waals surface area contributed by atoms with Crippen LogP contribution in [0.4, 0.5) is 0 Å². The molecule has 0 radical (unpaired) electrons. The molecule has 0 bridgehead atoms. The number of nitrogens with one attached hydrogen (secondary N) is 1. The molecule has 0 spiro atoms. The van der Waals surface area contributed by atoms with Crippen LogP contribution in [0.5, 0.6) is 0 Å². The van der Waals surface area contributed by atoms with Gasteiger partial charge in [0.05, 0.1) is 5.52 Å². The average molecular weight is 313 g/mol. The van der Waals surface area contributed by atoms with Crippen molar-refractivity contribution in [2.75, 3.05) is 46.3 Å². The van der Waals surface area contributed by atoms with E-state index in [4.69, 9.17) is 0 Å². The second-order valence-corrected chi connectivity index (χ2v) is 6.02. The maximum atomic E-state index is 12.2. The number of aromatic nitrogens is 2. The number of fused-ring (bicyclic) bond motifs is 1. The van der Waals surface area contributed by atoms with E-state index < -0.39 is 0 Å². The summed E-state index contributed by atoms with van der Waals surface area (Å²) in [4.78, 5) is 25.4. The molecule has 2 aromatic heterocycles. The van der Waals surface area contributed by atoms with Gasteiger partial charge in [-0.2, -0.15) is 0 Å². The number of rotatable bonds is 5. The molecule has 0 saturated carbocycles. The Morgan fingerprint density at radius 3 is 2.87 bits per heavy atom. The predicted octanol–water partition coefficient (Wildman–Crippen LogP) is 0.997. The summed E-state index contributed by atoms with van der Waals surface area (Å²) in [7, 11) is 2.16. The minimum absolute atomic E-state index is 0.109. The van der Waals surface area contributed by atoms with E-state index >= 15 is 0 Å².